The Hall–Kier alpha value is -0.820. The first-order valence-electron chi connectivity index (χ1n) is 6.29. The van der Waals surface area contributed by atoms with Crippen LogP contribution in [0.5, 0.6) is 0 Å². The molecule has 1 aromatic carbocycles. The van der Waals surface area contributed by atoms with Crippen LogP contribution in [0.25, 0.3) is 10.1 Å². The van der Waals surface area contributed by atoms with E-state index in [2.05, 4.69) is 44.2 Å². The molecule has 1 aliphatic rings. The highest BCUT2D eigenvalue weighted by molar-refractivity contribution is 7.19. The van der Waals surface area contributed by atoms with E-state index in [9.17, 15) is 0 Å². The zero-order valence-corrected chi connectivity index (χ0v) is 10.8. The van der Waals surface area contributed by atoms with Crippen LogP contribution in [0, 0.1) is 5.92 Å². The monoisotopic (exact) mass is 230 g/mol. The minimum Gasteiger partial charge on any atom is -0.140 e. The average molecular weight is 230 g/mol. The van der Waals surface area contributed by atoms with Gasteiger partial charge in [-0.3, -0.25) is 0 Å². The molecule has 0 unspecified atom stereocenters. The SMILES string of the molecule is CC[C@H]1C[C@]1(CC)c1cc2ccccc2s1. The summed E-state index contributed by atoms with van der Waals surface area (Å²) in [5.41, 5.74) is 0.540. The lowest BCUT2D eigenvalue weighted by Gasteiger charge is -2.11. The van der Waals surface area contributed by atoms with Gasteiger partial charge in [-0.1, -0.05) is 38.5 Å². The highest BCUT2D eigenvalue weighted by Crippen LogP contribution is 2.60. The Bertz CT molecular complexity index is 478. The van der Waals surface area contributed by atoms with E-state index in [1.54, 1.807) is 4.88 Å². The molecule has 1 aromatic heterocycles. The molecule has 0 nitrogen and oxygen atoms in total. The quantitative estimate of drug-likeness (QED) is 0.697. The first-order chi connectivity index (χ1) is 7.80. The van der Waals surface area contributed by atoms with Crippen molar-refractivity contribution in [2.75, 3.05) is 0 Å². The Kier molecular flexibility index (Phi) is 2.32. The van der Waals surface area contributed by atoms with Crippen LogP contribution in [0.2, 0.25) is 0 Å². The molecule has 0 radical (unpaired) electrons. The van der Waals surface area contributed by atoms with Crippen LogP contribution in [0.3, 0.4) is 0 Å². The average Bonchev–Trinajstić information content (AvgIpc) is 2.91. The lowest BCUT2D eigenvalue weighted by Crippen LogP contribution is -2.05. The second-order valence-electron chi connectivity index (χ2n) is 4.97. The molecule has 0 N–H and O–H groups in total. The number of thiophene rings is 1. The van der Waals surface area contributed by atoms with Gasteiger partial charge in [0.05, 0.1) is 0 Å². The highest BCUT2D eigenvalue weighted by atomic mass is 32.1. The number of hydrogen-bond donors (Lipinski definition) is 0. The number of benzene rings is 1. The minimum atomic E-state index is 0.540. The molecule has 0 amide bonds. The molecule has 1 heterocycles. The first kappa shape index (κ1) is 10.3. The summed E-state index contributed by atoms with van der Waals surface area (Å²) < 4.78 is 1.45. The fourth-order valence-corrected chi connectivity index (χ4v) is 4.46. The molecule has 0 saturated heterocycles. The van der Waals surface area contributed by atoms with Crippen molar-refractivity contribution < 1.29 is 0 Å². The van der Waals surface area contributed by atoms with E-state index in [1.807, 2.05) is 11.3 Å². The minimum absolute atomic E-state index is 0.540. The summed E-state index contributed by atoms with van der Waals surface area (Å²) in [6, 6.07) is 11.2. The van der Waals surface area contributed by atoms with Crippen molar-refractivity contribution in [1.82, 2.24) is 0 Å². The van der Waals surface area contributed by atoms with Crippen LogP contribution in [-0.4, -0.2) is 0 Å². The van der Waals surface area contributed by atoms with Crippen LogP contribution in [0.1, 0.15) is 38.0 Å². The molecule has 3 rings (SSSR count). The van der Waals surface area contributed by atoms with Crippen molar-refractivity contribution in [2.45, 2.75) is 38.5 Å². The molecule has 1 heteroatoms. The van der Waals surface area contributed by atoms with E-state index in [0.29, 0.717) is 5.41 Å². The lowest BCUT2D eigenvalue weighted by molar-refractivity contribution is 0.581. The van der Waals surface area contributed by atoms with Crippen molar-refractivity contribution in [3.8, 4) is 0 Å². The molecule has 1 fully saturated rings. The summed E-state index contributed by atoms with van der Waals surface area (Å²) in [7, 11) is 0. The van der Waals surface area contributed by atoms with Crippen molar-refractivity contribution in [1.29, 1.82) is 0 Å². The van der Waals surface area contributed by atoms with Crippen LogP contribution in [0.15, 0.2) is 30.3 Å². The van der Waals surface area contributed by atoms with Gasteiger partial charge < -0.3 is 0 Å². The van der Waals surface area contributed by atoms with Gasteiger partial charge in [0, 0.05) is 15.0 Å². The van der Waals surface area contributed by atoms with Gasteiger partial charge in [0.15, 0.2) is 0 Å². The maximum absolute atomic E-state index is 2.43. The van der Waals surface area contributed by atoms with Crippen LogP contribution in [-0.2, 0) is 5.41 Å². The number of fused-ring (bicyclic) bond motifs is 1. The molecule has 0 aliphatic heterocycles. The summed E-state index contributed by atoms with van der Waals surface area (Å²) in [5.74, 6) is 0.936. The molecule has 1 aliphatic carbocycles. The highest BCUT2D eigenvalue weighted by Gasteiger charge is 2.53. The smallest absolute Gasteiger partial charge is 0.0345 e. The van der Waals surface area contributed by atoms with Gasteiger partial charge >= 0.3 is 0 Å². The van der Waals surface area contributed by atoms with Gasteiger partial charge in [0.2, 0.25) is 0 Å². The Morgan fingerprint density at radius 2 is 2.12 bits per heavy atom. The maximum atomic E-state index is 2.43. The molecule has 16 heavy (non-hydrogen) atoms. The third-order valence-electron chi connectivity index (χ3n) is 4.27. The summed E-state index contributed by atoms with van der Waals surface area (Å²) >= 11 is 2.01. The third kappa shape index (κ3) is 1.34. The van der Waals surface area contributed by atoms with Gasteiger partial charge in [-0.05, 0) is 36.3 Å². The molecular weight excluding hydrogens is 212 g/mol. The van der Waals surface area contributed by atoms with Crippen LogP contribution >= 0.6 is 11.3 Å². The molecule has 0 bridgehead atoms. The van der Waals surface area contributed by atoms with Crippen molar-refractivity contribution >= 4 is 21.4 Å². The number of rotatable bonds is 3. The lowest BCUT2D eigenvalue weighted by atomic mass is 9.96. The summed E-state index contributed by atoms with van der Waals surface area (Å²) in [6.07, 6.45) is 4.05. The van der Waals surface area contributed by atoms with Gasteiger partial charge in [-0.15, -0.1) is 11.3 Å². The second-order valence-corrected chi connectivity index (χ2v) is 6.05. The summed E-state index contributed by atoms with van der Waals surface area (Å²) in [6.45, 7) is 4.68. The van der Waals surface area contributed by atoms with Gasteiger partial charge in [0.25, 0.3) is 0 Å². The Morgan fingerprint density at radius 3 is 2.75 bits per heavy atom. The Morgan fingerprint density at radius 1 is 1.31 bits per heavy atom. The maximum Gasteiger partial charge on any atom is 0.0345 e. The van der Waals surface area contributed by atoms with E-state index >= 15 is 0 Å². The molecule has 2 atom stereocenters. The predicted molar refractivity (Wildman–Crippen MR) is 72.2 cm³/mol. The molecule has 0 spiro atoms. The van der Waals surface area contributed by atoms with Crippen molar-refractivity contribution in [3.63, 3.8) is 0 Å². The summed E-state index contributed by atoms with van der Waals surface area (Å²) in [4.78, 5) is 1.63. The normalized spacial score (nSPS) is 28.5. The first-order valence-corrected chi connectivity index (χ1v) is 7.11. The van der Waals surface area contributed by atoms with Gasteiger partial charge in [0.1, 0.15) is 0 Å². The Labute approximate surface area is 101 Å². The largest absolute Gasteiger partial charge is 0.140 e. The fourth-order valence-electron chi connectivity index (χ4n) is 3.05. The van der Waals surface area contributed by atoms with Gasteiger partial charge in [-0.25, -0.2) is 0 Å². The van der Waals surface area contributed by atoms with Crippen molar-refractivity contribution in [3.05, 3.63) is 35.2 Å². The zero-order chi connectivity index (χ0) is 11.2. The molecule has 1 saturated carbocycles. The second kappa shape index (κ2) is 3.59. The topological polar surface area (TPSA) is 0 Å². The van der Waals surface area contributed by atoms with Gasteiger partial charge in [-0.2, -0.15) is 0 Å². The van der Waals surface area contributed by atoms with Crippen LogP contribution < -0.4 is 0 Å². The predicted octanol–water partition coefficient (Wildman–Crippen LogP) is 4.98. The fraction of sp³-hybridized carbons (Fsp3) is 0.467. The van der Waals surface area contributed by atoms with E-state index < -0.39 is 0 Å². The number of hydrogen-bond acceptors (Lipinski definition) is 1. The third-order valence-corrected chi connectivity index (χ3v) is 5.61. The molecule has 84 valence electrons. The van der Waals surface area contributed by atoms with Crippen LogP contribution in [0.4, 0.5) is 0 Å². The summed E-state index contributed by atoms with van der Waals surface area (Å²) in [5, 5.41) is 1.43. The molecular formula is C15H18S. The Balaban J connectivity index is 2.06. The standard InChI is InChI=1S/C15H18S/c1-3-12-10-15(12,4-2)14-9-11-7-5-6-8-13(11)16-14/h5-9,12H,3-4,10H2,1-2H3/t12-,15-/m0/s1. The van der Waals surface area contributed by atoms with Crippen molar-refractivity contribution in [2.24, 2.45) is 5.92 Å². The van der Waals surface area contributed by atoms with E-state index in [-0.39, 0.29) is 0 Å². The van der Waals surface area contributed by atoms with E-state index in [4.69, 9.17) is 0 Å². The van der Waals surface area contributed by atoms with E-state index in [1.165, 1.54) is 29.3 Å². The van der Waals surface area contributed by atoms with E-state index in [0.717, 1.165) is 5.92 Å². The molecule has 2 aromatic rings. The zero-order valence-electron chi connectivity index (χ0n) is 9.99.